The largest absolute Gasteiger partial charge is 0.481 e. The van der Waals surface area contributed by atoms with Crippen LogP contribution in [0.15, 0.2) is 48.6 Å². The highest BCUT2D eigenvalue weighted by molar-refractivity contribution is 5.66. The van der Waals surface area contributed by atoms with Gasteiger partial charge in [0.2, 0.25) is 0 Å². The van der Waals surface area contributed by atoms with Gasteiger partial charge in [0.15, 0.2) is 0 Å². The van der Waals surface area contributed by atoms with Gasteiger partial charge in [-0.3, -0.25) is 4.79 Å². The van der Waals surface area contributed by atoms with E-state index in [1.54, 1.807) is 6.08 Å². The molecule has 118 valence electrons. The zero-order valence-electron chi connectivity index (χ0n) is 12.9. The lowest BCUT2D eigenvalue weighted by molar-refractivity contribution is -0.137. The molecule has 3 nitrogen and oxygen atoms in total. The molecule has 0 radical (unpaired) electrons. The fourth-order valence-electron chi connectivity index (χ4n) is 1.66. The highest BCUT2D eigenvalue weighted by Crippen LogP contribution is 2.03. The number of unbranched alkanes of at least 4 members (excludes halogenated alkanes) is 2. The van der Waals surface area contributed by atoms with Gasteiger partial charge in [0.05, 0.1) is 6.10 Å². The van der Waals surface area contributed by atoms with Crippen molar-refractivity contribution >= 4 is 5.97 Å². The maximum absolute atomic E-state index is 10.3. The van der Waals surface area contributed by atoms with Crippen LogP contribution >= 0.6 is 0 Å². The summed E-state index contributed by atoms with van der Waals surface area (Å²) in [6, 6.07) is 0. The average molecular weight is 292 g/mol. The zero-order chi connectivity index (χ0) is 15.8. The maximum atomic E-state index is 10.3. The number of aliphatic carboxylic acids is 1. The summed E-state index contributed by atoms with van der Waals surface area (Å²) in [6.07, 6.45) is 20.6. The van der Waals surface area contributed by atoms with E-state index in [4.69, 9.17) is 5.11 Å². The number of aliphatic hydroxyl groups is 1. The SMILES string of the molecule is CCC=CCC=CC=CC(O)CC=CCCCCC(=O)O. The summed E-state index contributed by atoms with van der Waals surface area (Å²) in [6.45, 7) is 2.11. The molecule has 0 aliphatic rings. The third kappa shape index (κ3) is 16.3. The van der Waals surface area contributed by atoms with Gasteiger partial charge in [-0.1, -0.05) is 55.5 Å². The lowest BCUT2D eigenvalue weighted by atomic mass is 10.1. The van der Waals surface area contributed by atoms with Crippen molar-refractivity contribution < 1.29 is 15.0 Å². The fourth-order valence-corrected chi connectivity index (χ4v) is 1.66. The molecule has 0 aliphatic heterocycles. The molecule has 0 saturated heterocycles. The van der Waals surface area contributed by atoms with Crippen LogP contribution in [0.25, 0.3) is 0 Å². The summed E-state index contributed by atoms with van der Waals surface area (Å²) in [4.78, 5) is 10.3. The van der Waals surface area contributed by atoms with Crippen molar-refractivity contribution in [2.75, 3.05) is 0 Å². The summed E-state index contributed by atoms with van der Waals surface area (Å²) < 4.78 is 0. The Kier molecular flexibility index (Phi) is 13.7. The summed E-state index contributed by atoms with van der Waals surface area (Å²) in [5, 5.41) is 18.2. The van der Waals surface area contributed by atoms with Crippen molar-refractivity contribution in [3.63, 3.8) is 0 Å². The predicted octanol–water partition coefficient (Wildman–Crippen LogP) is 4.41. The molecule has 0 fully saturated rings. The van der Waals surface area contributed by atoms with E-state index in [0.29, 0.717) is 12.8 Å². The van der Waals surface area contributed by atoms with Crippen LogP contribution in [0.4, 0.5) is 0 Å². The molecule has 1 atom stereocenters. The van der Waals surface area contributed by atoms with Gasteiger partial charge >= 0.3 is 5.97 Å². The first-order chi connectivity index (χ1) is 10.2. The van der Waals surface area contributed by atoms with Crippen molar-refractivity contribution in [2.45, 2.75) is 58.0 Å². The summed E-state index contributed by atoms with van der Waals surface area (Å²) in [5.74, 6) is -0.738. The second kappa shape index (κ2) is 14.8. The molecule has 2 N–H and O–H groups in total. The van der Waals surface area contributed by atoms with Gasteiger partial charge in [-0.2, -0.15) is 0 Å². The Morgan fingerprint density at radius 2 is 1.86 bits per heavy atom. The molecular formula is C18H28O3. The third-order valence-electron chi connectivity index (χ3n) is 2.81. The van der Waals surface area contributed by atoms with E-state index in [2.05, 4.69) is 19.1 Å². The van der Waals surface area contributed by atoms with Gasteiger partial charge in [0.1, 0.15) is 0 Å². The van der Waals surface area contributed by atoms with Crippen molar-refractivity contribution in [2.24, 2.45) is 0 Å². The van der Waals surface area contributed by atoms with Gasteiger partial charge in [0, 0.05) is 6.42 Å². The minimum absolute atomic E-state index is 0.235. The van der Waals surface area contributed by atoms with Crippen LogP contribution in [-0.4, -0.2) is 22.3 Å². The summed E-state index contributed by atoms with van der Waals surface area (Å²) in [5.41, 5.74) is 0. The van der Waals surface area contributed by atoms with Gasteiger partial charge in [-0.15, -0.1) is 0 Å². The first kappa shape index (κ1) is 19.4. The minimum Gasteiger partial charge on any atom is -0.481 e. The first-order valence-corrected chi connectivity index (χ1v) is 7.70. The number of hydrogen-bond acceptors (Lipinski definition) is 2. The molecule has 0 spiro atoms. The van der Waals surface area contributed by atoms with E-state index >= 15 is 0 Å². The summed E-state index contributed by atoms with van der Waals surface area (Å²) >= 11 is 0. The number of hydrogen-bond donors (Lipinski definition) is 2. The predicted molar refractivity (Wildman–Crippen MR) is 88.2 cm³/mol. The molecular weight excluding hydrogens is 264 g/mol. The molecule has 21 heavy (non-hydrogen) atoms. The van der Waals surface area contributed by atoms with E-state index < -0.39 is 12.1 Å². The molecule has 0 aromatic rings. The van der Waals surface area contributed by atoms with Crippen LogP contribution in [0.5, 0.6) is 0 Å². The number of aliphatic hydroxyl groups excluding tert-OH is 1. The smallest absolute Gasteiger partial charge is 0.303 e. The molecule has 0 rings (SSSR count). The highest BCUT2D eigenvalue weighted by Gasteiger charge is 1.95. The normalized spacial score (nSPS) is 14.0. The third-order valence-corrected chi connectivity index (χ3v) is 2.81. The van der Waals surface area contributed by atoms with Crippen LogP contribution in [0.2, 0.25) is 0 Å². The zero-order valence-corrected chi connectivity index (χ0v) is 12.9. The number of rotatable bonds is 12. The molecule has 0 aromatic carbocycles. The van der Waals surface area contributed by atoms with Crippen LogP contribution in [0, 0.1) is 0 Å². The van der Waals surface area contributed by atoms with Gasteiger partial charge in [-0.05, 0) is 38.5 Å². The molecule has 0 amide bonds. The van der Waals surface area contributed by atoms with Gasteiger partial charge in [-0.25, -0.2) is 0 Å². The van der Waals surface area contributed by atoms with Crippen LogP contribution in [0.3, 0.4) is 0 Å². The molecule has 0 bridgehead atoms. The van der Waals surface area contributed by atoms with E-state index in [9.17, 15) is 9.90 Å². The van der Waals surface area contributed by atoms with E-state index in [1.165, 1.54) is 0 Å². The maximum Gasteiger partial charge on any atom is 0.303 e. The number of carboxylic acid groups (broad SMARTS) is 1. The topological polar surface area (TPSA) is 57.5 Å². The van der Waals surface area contributed by atoms with Crippen molar-refractivity contribution in [1.82, 2.24) is 0 Å². The van der Waals surface area contributed by atoms with E-state index in [-0.39, 0.29) is 6.42 Å². The minimum atomic E-state index is -0.738. The van der Waals surface area contributed by atoms with Crippen LogP contribution in [-0.2, 0) is 4.79 Å². The first-order valence-electron chi connectivity index (χ1n) is 7.70. The second-order valence-corrected chi connectivity index (χ2v) is 4.84. The Labute approximate surface area is 128 Å². The molecule has 0 heterocycles. The Hall–Kier alpha value is -1.61. The number of carbonyl (C=O) groups is 1. The van der Waals surface area contributed by atoms with Gasteiger partial charge < -0.3 is 10.2 Å². The Morgan fingerprint density at radius 3 is 2.57 bits per heavy atom. The van der Waals surface area contributed by atoms with Crippen molar-refractivity contribution in [3.05, 3.63) is 48.6 Å². The highest BCUT2D eigenvalue weighted by atomic mass is 16.4. The molecule has 3 heteroatoms. The quantitative estimate of drug-likeness (QED) is 0.318. The van der Waals surface area contributed by atoms with Crippen LogP contribution in [0.1, 0.15) is 51.9 Å². The second-order valence-electron chi connectivity index (χ2n) is 4.84. The standard InChI is InChI=1S/C18H28O3/c1-2-3-4-5-6-8-11-14-17(19)15-12-9-7-10-13-16-18(20)21/h3-4,6,8-9,11-12,14,17,19H,2,5,7,10,13,15-16H2,1H3,(H,20,21). The molecule has 0 aromatic heterocycles. The Morgan fingerprint density at radius 1 is 1.05 bits per heavy atom. The van der Waals surface area contributed by atoms with Crippen molar-refractivity contribution in [3.8, 4) is 0 Å². The average Bonchev–Trinajstić information content (AvgIpc) is 2.45. The van der Waals surface area contributed by atoms with E-state index in [1.807, 2.05) is 30.4 Å². The lowest BCUT2D eigenvalue weighted by Crippen LogP contribution is -1.98. The molecule has 0 saturated carbocycles. The monoisotopic (exact) mass is 292 g/mol. The Bertz CT molecular complexity index is 365. The number of carboxylic acids is 1. The summed E-state index contributed by atoms with van der Waals surface area (Å²) in [7, 11) is 0. The molecule has 0 aliphatic carbocycles. The lowest BCUT2D eigenvalue weighted by Gasteiger charge is -1.99. The Balaban J connectivity index is 3.62. The fraction of sp³-hybridized carbons (Fsp3) is 0.500. The van der Waals surface area contributed by atoms with Crippen molar-refractivity contribution in [1.29, 1.82) is 0 Å². The van der Waals surface area contributed by atoms with Crippen LogP contribution < -0.4 is 0 Å². The van der Waals surface area contributed by atoms with Gasteiger partial charge in [0.25, 0.3) is 0 Å². The number of allylic oxidation sites excluding steroid dienone is 6. The molecule has 1 unspecified atom stereocenters. The van der Waals surface area contributed by atoms with E-state index in [0.717, 1.165) is 25.7 Å².